The average Bonchev–Trinajstić information content (AvgIpc) is 2.92. The molecule has 3 heterocycles. The van der Waals surface area contributed by atoms with Crippen molar-refractivity contribution < 1.29 is 14.6 Å². The van der Waals surface area contributed by atoms with Gasteiger partial charge in [-0.2, -0.15) is 0 Å². The van der Waals surface area contributed by atoms with Crippen LogP contribution in [0.1, 0.15) is 31.0 Å². The highest BCUT2D eigenvalue weighted by molar-refractivity contribution is 5.87. The summed E-state index contributed by atoms with van der Waals surface area (Å²) in [5, 5.41) is 10.9. The van der Waals surface area contributed by atoms with Gasteiger partial charge in [-0.25, -0.2) is 0 Å². The van der Waals surface area contributed by atoms with Crippen LogP contribution in [0.4, 0.5) is 0 Å². The van der Waals surface area contributed by atoms with Crippen LogP contribution in [0.2, 0.25) is 0 Å². The molecule has 0 amide bonds. The molecule has 2 atom stereocenters. The van der Waals surface area contributed by atoms with Gasteiger partial charge in [0.1, 0.15) is 5.75 Å². The molecule has 0 aliphatic carbocycles. The monoisotopic (exact) mass is 350 g/mol. The number of fused-ring (bicyclic) bond motifs is 5. The first-order chi connectivity index (χ1) is 11.1. The van der Waals surface area contributed by atoms with Gasteiger partial charge in [0.15, 0.2) is 0 Å². The van der Waals surface area contributed by atoms with E-state index >= 15 is 0 Å². The number of methoxy groups -OCH3 is 1. The highest BCUT2D eigenvalue weighted by Crippen LogP contribution is 2.47. The lowest BCUT2D eigenvalue weighted by Crippen LogP contribution is -2.58. The van der Waals surface area contributed by atoms with Gasteiger partial charge in [0.05, 0.1) is 18.6 Å². The summed E-state index contributed by atoms with van der Waals surface area (Å²) in [5.74, 6) is -0.225. The van der Waals surface area contributed by atoms with E-state index in [1.54, 1.807) is 7.11 Å². The predicted octanol–water partition coefficient (Wildman–Crippen LogP) is 3.17. The summed E-state index contributed by atoms with van der Waals surface area (Å²) in [7, 11) is 1.67. The number of hydrogen-bond acceptors (Lipinski definition) is 3. The number of carboxylic acid groups (broad SMARTS) is 1. The average molecular weight is 351 g/mol. The second kappa shape index (κ2) is 5.97. The van der Waals surface area contributed by atoms with Crippen molar-refractivity contribution in [1.82, 2.24) is 9.88 Å². The van der Waals surface area contributed by atoms with Crippen molar-refractivity contribution in [2.75, 3.05) is 20.2 Å². The van der Waals surface area contributed by atoms with Crippen LogP contribution in [0, 0.1) is 5.92 Å². The number of benzene rings is 1. The quantitative estimate of drug-likeness (QED) is 0.873. The molecule has 24 heavy (non-hydrogen) atoms. The highest BCUT2D eigenvalue weighted by atomic mass is 35.5. The maximum Gasteiger partial charge on any atom is 0.308 e. The Morgan fingerprint density at radius 1 is 1.42 bits per heavy atom. The maximum atomic E-state index is 11.9. The zero-order valence-electron chi connectivity index (χ0n) is 14.0. The molecule has 1 aromatic carbocycles. The fourth-order valence-electron chi connectivity index (χ4n) is 4.55. The molecule has 1 fully saturated rings. The molecule has 1 aromatic heterocycles. The number of H-pyrrole nitrogens is 1. The van der Waals surface area contributed by atoms with E-state index in [-0.39, 0.29) is 18.3 Å². The van der Waals surface area contributed by atoms with Crippen molar-refractivity contribution in [2.24, 2.45) is 5.92 Å². The van der Waals surface area contributed by atoms with Crippen LogP contribution in [0.25, 0.3) is 10.9 Å². The van der Waals surface area contributed by atoms with E-state index in [4.69, 9.17) is 4.74 Å². The summed E-state index contributed by atoms with van der Waals surface area (Å²) in [6, 6.07) is 6.03. The van der Waals surface area contributed by atoms with Crippen LogP contribution in [0.15, 0.2) is 18.2 Å². The number of carbonyl (C=O) groups is 1. The van der Waals surface area contributed by atoms with E-state index in [2.05, 4.69) is 22.9 Å². The second-order valence-corrected chi connectivity index (χ2v) is 6.81. The Balaban J connectivity index is 0.00000169. The molecule has 0 spiro atoms. The molecule has 6 heteroatoms. The number of nitrogens with one attached hydrogen (secondary N) is 1. The lowest BCUT2D eigenvalue weighted by atomic mass is 9.72. The molecule has 2 aliphatic heterocycles. The molecule has 0 unspecified atom stereocenters. The highest BCUT2D eigenvalue weighted by Gasteiger charge is 2.51. The van der Waals surface area contributed by atoms with Gasteiger partial charge in [-0.15, -0.1) is 12.4 Å². The Bertz CT molecular complexity index is 788. The molecule has 5 nitrogen and oxygen atoms in total. The lowest BCUT2D eigenvalue weighted by Gasteiger charge is -2.51. The van der Waals surface area contributed by atoms with E-state index in [1.807, 2.05) is 12.1 Å². The molecule has 2 aromatic rings. The first-order valence-corrected chi connectivity index (χ1v) is 8.22. The number of rotatable bonds is 2. The largest absolute Gasteiger partial charge is 0.497 e. The van der Waals surface area contributed by atoms with Gasteiger partial charge in [0.25, 0.3) is 0 Å². The van der Waals surface area contributed by atoms with Crippen molar-refractivity contribution >= 4 is 29.3 Å². The number of carboxylic acids is 1. The lowest BCUT2D eigenvalue weighted by molar-refractivity contribution is -0.152. The summed E-state index contributed by atoms with van der Waals surface area (Å²) < 4.78 is 5.36. The number of hydrogen-bond donors (Lipinski definition) is 2. The molecule has 4 rings (SSSR count). The fraction of sp³-hybridized carbons (Fsp3) is 0.500. The van der Waals surface area contributed by atoms with Crippen LogP contribution in [-0.2, 0) is 16.8 Å². The summed E-state index contributed by atoms with van der Waals surface area (Å²) in [5.41, 5.74) is 2.95. The third kappa shape index (κ3) is 2.22. The molecular formula is C18H23ClN2O3. The van der Waals surface area contributed by atoms with Gasteiger partial charge in [0.2, 0.25) is 0 Å². The summed E-state index contributed by atoms with van der Waals surface area (Å²) >= 11 is 0. The Labute approximate surface area is 147 Å². The van der Waals surface area contributed by atoms with Gasteiger partial charge in [-0.1, -0.05) is 0 Å². The van der Waals surface area contributed by atoms with Crippen LogP contribution >= 0.6 is 12.4 Å². The molecule has 0 bridgehead atoms. The van der Waals surface area contributed by atoms with E-state index in [9.17, 15) is 9.90 Å². The normalized spacial score (nSPS) is 26.3. The minimum Gasteiger partial charge on any atom is -0.497 e. The minimum atomic E-state index is -0.693. The first kappa shape index (κ1) is 17.1. The number of nitrogens with zero attached hydrogens (tertiary/aromatic N) is 1. The van der Waals surface area contributed by atoms with Gasteiger partial charge in [-0.05, 0) is 56.5 Å². The number of aromatic nitrogens is 1. The molecule has 0 saturated carbocycles. The first-order valence-electron chi connectivity index (χ1n) is 8.22. The number of ether oxygens (including phenoxy) is 1. The molecule has 0 radical (unpaired) electrons. The summed E-state index contributed by atoms with van der Waals surface area (Å²) in [4.78, 5) is 17.8. The minimum absolute atomic E-state index is 0. The SMILES string of the molecule is COc1ccc2[nH]c3c(c2c1)CCN1CCC[C@@H](C(=O)O)[C@]31C.Cl. The second-order valence-electron chi connectivity index (χ2n) is 6.81. The van der Waals surface area contributed by atoms with Crippen molar-refractivity contribution in [3.63, 3.8) is 0 Å². The smallest absolute Gasteiger partial charge is 0.308 e. The number of halogens is 1. The molecule has 1 saturated heterocycles. The Morgan fingerprint density at radius 2 is 2.21 bits per heavy atom. The van der Waals surface area contributed by atoms with Crippen LogP contribution < -0.4 is 4.74 Å². The zero-order chi connectivity index (χ0) is 16.2. The predicted molar refractivity (Wildman–Crippen MR) is 95.1 cm³/mol. The van der Waals surface area contributed by atoms with Crippen LogP contribution in [0.3, 0.4) is 0 Å². The summed E-state index contributed by atoms with van der Waals surface area (Å²) in [6.07, 6.45) is 2.64. The Hall–Kier alpha value is -1.72. The summed E-state index contributed by atoms with van der Waals surface area (Å²) in [6.45, 7) is 3.98. The molecule has 2 N–H and O–H groups in total. The van der Waals surface area contributed by atoms with E-state index in [1.165, 1.54) is 5.56 Å². The number of aromatic amines is 1. The van der Waals surface area contributed by atoms with Crippen molar-refractivity contribution in [3.8, 4) is 5.75 Å². The maximum absolute atomic E-state index is 11.9. The topological polar surface area (TPSA) is 65.6 Å². The molecular weight excluding hydrogens is 328 g/mol. The van der Waals surface area contributed by atoms with Gasteiger partial charge in [0, 0.05) is 23.1 Å². The van der Waals surface area contributed by atoms with Crippen LogP contribution in [-0.4, -0.2) is 41.2 Å². The fourth-order valence-corrected chi connectivity index (χ4v) is 4.55. The molecule has 2 aliphatic rings. The van der Waals surface area contributed by atoms with Crippen molar-refractivity contribution in [1.29, 1.82) is 0 Å². The van der Waals surface area contributed by atoms with Gasteiger partial charge in [-0.3, -0.25) is 9.69 Å². The standard InChI is InChI=1S/C18H22N2O3.ClH/c1-18-14(17(21)22)4-3-8-20(18)9-7-12-13-10-11(23-2)5-6-15(13)19-16(12)18;/h5-6,10,14,19H,3-4,7-9H2,1-2H3,(H,21,22);1H/t14-,18+;/m0./s1. The number of aliphatic carboxylic acids is 1. The zero-order valence-corrected chi connectivity index (χ0v) is 14.8. The Morgan fingerprint density at radius 3 is 2.92 bits per heavy atom. The molecule has 130 valence electrons. The van der Waals surface area contributed by atoms with Gasteiger partial charge >= 0.3 is 5.97 Å². The van der Waals surface area contributed by atoms with E-state index in [0.717, 1.165) is 54.7 Å². The van der Waals surface area contributed by atoms with E-state index < -0.39 is 11.5 Å². The third-order valence-electron chi connectivity index (χ3n) is 5.81. The van der Waals surface area contributed by atoms with Crippen molar-refractivity contribution in [3.05, 3.63) is 29.5 Å². The Kier molecular flexibility index (Phi) is 4.26. The number of piperidine rings is 1. The van der Waals surface area contributed by atoms with Crippen LogP contribution in [0.5, 0.6) is 5.75 Å². The van der Waals surface area contributed by atoms with Crippen molar-refractivity contribution in [2.45, 2.75) is 31.7 Å². The van der Waals surface area contributed by atoms with Gasteiger partial charge < -0.3 is 14.8 Å². The third-order valence-corrected chi connectivity index (χ3v) is 5.81. The van der Waals surface area contributed by atoms with E-state index in [0.29, 0.717) is 0 Å².